The van der Waals surface area contributed by atoms with E-state index in [1.165, 1.54) is 0 Å². The lowest BCUT2D eigenvalue weighted by atomic mass is 10.1. The summed E-state index contributed by atoms with van der Waals surface area (Å²) >= 11 is 0. The maximum atomic E-state index is 11.6. The molecule has 0 aliphatic carbocycles. The molecule has 0 aromatic heterocycles. The van der Waals surface area contributed by atoms with Gasteiger partial charge in [-0.15, -0.1) is 0 Å². The van der Waals surface area contributed by atoms with Crippen LogP contribution in [-0.2, 0) is 6.54 Å². The smallest absolute Gasteiger partial charge is 0.274 e. The number of hydroxylamine groups is 1. The third kappa shape index (κ3) is 2.95. The second-order valence-electron chi connectivity index (χ2n) is 5.48. The van der Waals surface area contributed by atoms with E-state index >= 15 is 0 Å². The maximum Gasteiger partial charge on any atom is 0.274 e. The zero-order valence-corrected chi connectivity index (χ0v) is 12.3. The van der Waals surface area contributed by atoms with Crippen LogP contribution in [0.3, 0.4) is 0 Å². The van der Waals surface area contributed by atoms with Gasteiger partial charge in [0, 0.05) is 24.2 Å². The highest BCUT2D eigenvalue weighted by molar-refractivity contribution is 5.93. The Morgan fingerprint density at radius 1 is 1.27 bits per heavy atom. The molecule has 1 aliphatic heterocycles. The zero-order chi connectivity index (χ0) is 15.5. The number of ether oxygens (including phenoxy) is 1. The molecule has 114 valence electrons. The molecular weight excluding hydrogens is 280 g/mol. The summed E-state index contributed by atoms with van der Waals surface area (Å²) in [7, 11) is 2.04. The molecule has 0 fully saturated rings. The summed E-state index contributed by atoms with van der Waals surface area (Å²) in [4.78, 5) is 13.8. The molecule has 0 saturated heterocycles. The van der Waals surface area contributed by atoms with Crippen LogP contribution in [0, 0.1) is 0 Å². The van der Waals surface area contributed by atoms with Crippen molar-refractivity contribution in [3.8, 4) is 5.75 Å². The molecule has 5 heteroatoms. The first-order valence-electron chi connectivity index (χ1n) is 7.15. The lowest BCUT2D eigenvalue weighted by Crippen LogP contribution is -2.24. The van der Waals surface area contributed by atoms with Crippen LogP contribution in [0.15, 0.2) is 48.5 Å². The predicted octanol–water partition coefficient (Wildman–Crippen LogP) is 2.37. The number of nitrogens with one attached hydrogen (secondary N) is 1. The minimum absolute atomic E-state index is 0.0973. The van der Waals surface area contributed by atoms with Crippen LogP contribution >= 0.6 is 0 Å². The first kappa shape index (κ1) is 14.6. The molecule has 3 rings (SSSR count). The van der Waals surface area contributed by atoms with Crippen molar-refractivity contribution < 1.29 is 14.7 Å². The Labute approximate surface area is 129 Å². The summed E-state index contributed by atoms with van der Waals surface area (Å²) in [5.41, 5.74) is 4.14. The molecule has 1 amide bonds. The van der Waals surface area contributed by atoms with E-state index in [1.54, 1.807) is 17.6 Å². The number of carbonyl (C=O) groups is 1. The molecule has 1 heterocycles. The van der Waals surface area contributed by atoms with Gasteiger partial charge in [-0.2, -0.15) is 0 Å². The highest BCUT2D eigenvalue weighted by atomic mass is 16.5. The minimum Gasteiger partial charge on any atom is -0.484 e. The summed E-state index contributed by atoms with van der Waals surface area (Å²) in [6, 6.07) is 15.2. The van der Waals surface area contributed by atoms with Gasteiger partial charge in [0.05, 0.1) is 0 Å². The summed E-state index contributed by atoms with van der Waals surface area (Å²) in [5.74, 6) is 0.138. The summed E-state index contributed by atoms with van der Waals surface area (Å²) in [6.07, 6.45) is -0.0973. The van der Waals surface area contributed by atoms with Gasteiger partial charge >= 0.3 is 0 Å². The molecule has 0 unspecified atom stereocenters. The third-order valence-electron chi connectivity index (χ3n) is 3.79. The molecule has 0 bridgehead atoms. The van der Waals surface area contributed by atoms with Crippen molar-refractivity contribution in [2.45, 2.75) is 12.6 Å². The van der Waals surface area contributed by atoms with Crippen molar-refractivity contribution >= 4 is 5.91 Å². The number of benzene rings is 2. The van der Waals surface area contributed by atoms with Gasteiger partial charge in [0.15, 0.2) is 0 Å². The number of carbonyl (C=O) groups excluding carboxylic acids is 1. The number of amides is 1. The molecule has 1 aliphatic rings. The van der Waals surface area contributed by atoms with Crippen LogP contribution in [0.4, 0.5) is 0 Å². The van der Waals surface area contributed by atoms with Gasteiger partial charge in [-0.3, -0.25) is 14.9 Å². The lowest BCUT2D eigenvalue weighted by Gasteiger charge is -2.20. The first-order chi connectivity index (χ1) is 10.7. The van der Waals surface area contributed by atoms with Crippen molar-refractivity contribution in [3.05, 3.63) is 65.2 Å². The number of nitrogens with zero attached hydrogens (tertiary/aromatic N) is 1. The summed E-state index contributed by atoms with van der Waals surface area (Å²) < 4.78 is 6.15. The van der Waals surface area contributed by atoms with E-state index in [9.17, 15) is 4.79 Å². The quantitative estimate of drug-likeness (QED) is 0.660. The van der Waals surface area contributed by atoms with E-state index in [2.05, 4.69) is 4.90 Å². The monoisotopic (exact) mass is 298 g/mol. The number of rotatable bonds is 2. The Morgan fingerprint density at radius 2 is 2.05 bits per heavy atom. The standard InChI is InChI=1S/C17H18N2O3/c1-19-10-14-8-7-13(17(20)18-21)9-15(14)22-16(11-19)12-5-3-2-4-6-12/h2-9,16,21H,10-11H2,1H3,(H,18,20)/t16-/m0/s1. The van der Waals surface area contributed by atoms with Crippen molar-refractivity contribution in [1.29, 1.82) is 0 Å². The molecule has 5 nitrogen and oxygen atoms in total. The Balaban J connectivity index is 1.96. The SMILES string of the molecule is CN1Cc2ccc(C(=O)NO)cc2O[C@H](c2ccccc2)C1. The van der Waals surface area contributed by atoms with Crippen LogP contribution < -0.4 is 10.2 Å². The summed E-state index contributed by atoms with van der Waals surface area (Å²) in [5, 5.41) is 8.77. The maximum absolute atomic E-state index is 11.6. The van der Waals surface area contributed by atoms with Crippen molar-refractivity contribution in [2.75, 3.05) is 13.6 Å². The first-order valence-corrected chi connectivity index (χ1v) is 7.15. The Kier molecular flexibility index (Phi) is 4.09. The minimum atomic E-state index is -0.541. The van der Waals surface area contributed by atoms with Gasteiger partial charge in [0.1, 0.15) is 11.9 Å². The lowest BCUT2D eigenvalue weighted by molar-refractivity contribution is 0.0705. The average molecular weight is 298 g/mol. The molecule has 2 aromatic rings. The predicted molar refractivity (Wildman–Crippen MR) is 81.8 cm³/mol. The fraction of sp³-hybridized carbons (Fsp3) is 0.235. The molecule has 1 atom stereocenters. The second kappa shape index (κ2) is 6.17. The number of likely N-dealkylation sites (N-methyl/N-ethyl adjacent to an activating group) is 1. The number of fused-ring (bicyclic) bond motifs is 1. The molecule has 0 radical (unpaired) electrons. The summed E-state index contributed by atoms with van der Waals surface area (Å²) in [6.45, 7) is 1.51. The second-order valence-corrected chi connectivity index (χ2v) is 5.48. The van der Waals surface area contributed by atoms with Gasteiger partial charge in [0.25, 0.3) is 5.91 Å². The van der Waals surface area contributed by atoms with Crippen LogP contribution in [0.25, 0.3) is 0 Å². The molecule has 0 spiro atoms. The average Bonchev–Trinajstić information content (AvgIpc) is 2.72. The number of hydrogen-bond acceptors (Lipinski definition) is 4. The van der Waals surface area contributed by atoms with E-state index in [4.69, 9.17) is 9.94 Å². The molecule has 2 aromatic carbocycles. The van der Waals surface area contributed by atoms with E-state index in [0.29, 0.717) is 11.3 Å². The molecular formula is C17H18N2O3. The normalized spacial score (nSPS) is 18.0. The highest BCUT2D eigenvalue weighted by Crippen LogP contribution is 2.31. The van der Waals surface area contributed by atoms with Crippen molar-refractivity contribution in [2.24, 2.45) is 0 Å². The third-order valence-corrected chi connectivity index (χ3v) is 3.79. The van der Waals surface area contributed by atoms with Crippen LogP contribution in [-0.4, -0.2) is 29.6 Å². The zero-order valence-electron chi connectivity index (χ0n) is 12.3. The van der Waals surface area contributed by atoms with E-state index in [1.807, 2.05) is 43.4 Å². The van der Waals surface area contributed by atoms with Crippen LogP contribution in [0.5, 0.6) is 5.75 Å². The van der Waals surface area contributed by atoms with Gasteiger partial charge in [-0.05, 0) is 24.7 Å². The molecule has 0 saturated carbocycles. The van der Waals surface area contributed by atoms with Gasteiger partial charge in [-0.25, -0.2) is 5.48 Å². The topological polar surface area (TPSA) is 61.8 Å². The van der Waals surface area contributed by atoms with Crippen molar-refractivity contribution in [1.82, 2.24) is 10.4 Å². The van der Waals surface area contributed by atoms with E-state index < -0.39 is 5.91 Å². The van der Waals surface area contributed by atoms with E-state index in [0.717, 1.165) is 24.2 Å². The van der Waals surface area contributed by atoms with Crippen LogP contribution in [0.2, 0.25) is 0 Å². The Hall–Kier alpha value is -2.37. The Bertz CT molecular complexity index is 673. The largest absolute Gasteiger partial charge is 0.484 e. The van der Waals surface area contributed by atoms with E-state index in [-0.39, 0.29) is 6.10 Å². The molecule has 22 heavy (non-hydrogen) atoms. The van der Waals surface area contributed by atoms with Gasteiger partial charge in [-0.1, -0.05) is 36.4 Å². The highest BCUT2D eigenvalue weighted by Gasteiger charge is 2.23. The fourth-order valence-corrected chi connectivity index (χ4v) is 2.67. The van der Waals surface area contributed by atoms with Gasteiger partial charge in [0.2, 0.25) is 0 Å². The van der Waals surface area contributed by atoms with Crippen molar-refractivity contribution in [3.63, 3.8) is 0 Å². The van der Waals surface area contributed by atoms with Crippen LogP contribution in [0.1, 0.15) is 27.6 Å². The molecule has 2 N–H and O–H groups in total. The number of hydrogen-bond donors (Lipinski definition) is 2. The van der Waals surface area contributed by atoms with Gasteiger partial charge < -0.3 is 4.74 Å². The Morgan fingerprint density at radius 3 is 2.77 bits per heavy atom. The fourth-order valence-electron chi connectivity index (χ4n) is 2.67.